The van der Waals surface area contributed by atoms with Gasteiger partial charge in [-0.2, -0.15) is 0 Å². The molecule has 2 rings (SSSR count). The second-order valence-corrected chi connectivity index (χ2v) is 5.66. The number of aryl methyl sites for hydroxylation is 1. The van der Waals surface area contributed by atoms with Crippen LogP contribution in [-0.2, 0) is 9.53 Å². The molecule has 0 saturated heterocycles. The van der Waals surface area contributed by atoms with Gasteiger partial charge in [-0.3, -0.25) is 4.79 Å². The Kier molecular flexibility index (Phi) is 5.77. The van der Waals surface area contributed by atoms with Gasteiger partial charge in [0.25, 0.3) is 5.91 Å². The minimum atomic E-state index is -0.617. The first-order valence-corrected chi connectivity index (χ1v) is 7.62. The highest BCUT2D eigenvalue weighted by molar-refractivity contribution is 6.33. The Morgan fingerprint density at radius 3 is 2.43 bits per heavy atom. The Balaban J connectivity index is 1.86. The van der Waals surface area contributed by atoms with Gasteiger partial charge in [-0.25, -0.2) is 4.79 Å². The van der Waals surface area contributed by atoms with Crippen molar-refractivity contribution in [1.82, 2.24) is 5.32 Å². The van der Waals surface area contributed by atoms with Gasteiger partial charge in [-0.05, 0) is 31.5 Å². The van der Waals surface area contributed by atoms with E-state index in [2.05, 4.69) is 5.32 Å². The number of carbonyl (C=O) groups is 2. The summed E-state index contributed by atoms with van der Waals surface area (Å²) in [6.45, 7) is 3.53. The minimum Gasteiger partial charge on any atom is -0.452 e. The van der Waals surface area contributed by atoms with Crippen molar-refractivity contribution in [2.24, 2.45) is 0 Å². The molecule has 4 nitrogen and oxygen atoms in total. The second kappa shape index (κ2) is 7.79. The second-order valence-electron chi connectivity index (χ2n) is 5.26. The first-order valence-electron chi connectivity index (χ1n) is 7.25. The van der Waals surface area contributed by atoms with E-state index in [1.165, 1.54) is 0 Å². The molecule has 0 unspecified atom stereocenters. The molecule has 120 valence electrons. The number of amides is 1. The molecule has 0 radical (unpaired) electrons. The van der Waals surface area contributed by atoms with E-state index in [9.17, 15) is 9.59 Å². The number of benzene rings is 2. The van der Waals surface area contributed by atoms with Gasteiger partial charge in [-0.15, -0.1) is 0 Å². The minimum absolute atomic E-state index is 0.165. The SMILES string of the molecule is Cc1ccc([C@H](C)NC(=O)COC(=O)c2ccccc2Cl)cc1. The molecule has 0 aliphatic heterocycles. The van der Waals surface area contributed by atoms with E-state index < -0.39 is 5.97 Å². The third-order valence-corrected chi connectivity index (χ3v) is 3.71. The van der Waals surface area contributed by atoms with Gasteiger partial charge < -0.3 is 10.1 Å². The van der Waals surface area contributed by atoms with Gasteiger partial charge in [0, 0.05) is 0 Å². The molecule has 0 aromatic heterocycles. The smallest absolute Gasteiger partial charge is 0.340 e. The highest BCUT2D eigenvalue weighted by Gasteiger charge is 2.14. The van der Waals surface area contributed by atoms with E-state index in [0.717, 1.165) is 11.1 Å². The van der Waals surface area contributed by atoms with Crippen molar-refractivity contribution in [3.05, 3.63) is 70.2 Å². The first-order chi connectivity index (χ1) is 11.0. The molecule has 0 spiro atoms. The van der Waals surface area contributed by atoms with Crippen LogP contribution in [0.5, 0.6) is 0 Å². The zero-order valence-electron chi connectivity index (χ0n) is 13.0. The van der Waals surface area contributed by atoms with Crippen molar-refractivity contribution in [2.75, 3.05) is 6.61 Å². The predicted octanol–water partition coefficient (Wildman–Crippen LogP) is 3.68. The van der Waals surface area contributed by atoms with Crippen LogP contribution in [0, 0.1) is 6.92 Å². The summed E-state index contributed by atoms with van der Waals surface area (Å²) in [4.78, 5) is 23.8. The number of halogens is 1. The zero-order chi connectivity index (χ0) is 16.8. The highest BCUT2D eigenvalue weighted by Crippen LogP contribution is 2.16. The summed E-state index contributed by atoms with van der Waals surface area (Å²) >= 11 is 5.91. The Morgan fingerprint density at radius 2 is 1.78 bits per heavy atom. The summed E-state index contributed by atoms with van der Waals surface area (Å²) in [5.74, 6) is -0.979. The van der Waals surface area contributed by atoms with Gasteiger partial charge in [0.05, 0.1) is 16.6 Å². The molecule has 0 heterocycles. The van der Waals surface area contributed by atoms with Crippen LogP contribution in [0.4, 0.5) is 0 Å². The monoisotopic (exact) mass is 331 g/mol. The maximum absolute atomic E-state index is 11.9. The van der Waals surface area contributed by atoms with E-state index in [0.29, 0.717) is 5.02 Å². The summed E-state index contributed by atoms with van der Waals surface area (Å²) in [5, 5.41) is 3.09. The first kappa shape index (κ1) is 17.0. The number of esters is 1. The fourth-order valence-electron chi connectivity index (χ4n) is 2.06. The van der Waals surface area contributed by atoms with Crippen molar-refractivity contribution in [1.29, 1.82) is 0 Å². The zero-order valence-corrected chi connectivity index (χ0v) is 13.8. The van der Waals surface area contributed by atoms with E-state index >= 15 is 0 Å². The van der Waals surface area contributed by atoms with Gasteiger partial charge in [0.15, 0.2) is 6.61 Å². The summed E-state index contributed by atoms with van der Waals surface area (Å²) < 4.78 is 4.99. The standard InChI is InChI=1S/C18H18ClNO3/c1-12-7-9-14(10-8-12)13(2)20-17(21)11-23-18(22)15-5-3-4-6-16(15)19/h3-10,13H,11H2,1-2H3,(H,20,21)/t13-/m0/s1. The van der Waals surface area contributed by atoms with E-state index in [1.54, 1.807) is 24.3 Å². The lowest BCUT2D eigenvalue weighted by Crippen LogP contribution is -2.31. The lowest BCUT2D eigenvalue weighted by atomic mass is 10.1. The quantitative estimate of drug-likeness (QED) is 0.850. The van der Waals surface area contributed by atoms with Crippen LogP contribution in [0.25, 0.3) is 0 Å². The van der Waals surface area contributed by atoms with Crippen molar-refractivity contribution in [3.8, 4) is 0 Å². The van der Waals surface area contributed by atoms with E-state index in [1.807, 2.05) is 38.1 Å². The van der Waals surface area contributed by atoms with Crippen LogP contribution in [0.3, 0.4) is 0 Å². The van der Waals surface area contributed by atoms with Crippen molar-refractivity contribution >= 4 is 23.5 Å². The lowest BCUT2D eigenvalue weighted by Gasteiger charge is -2.14. The number of nitrogens with one attached hydrogen (secondary N) is 1. The Labute approximate surface area is 140 Å². The van der Waals surface area contributed by atoms with Crippen LogP contribution in [-0.4, -0.2) is 18.5 Å². The predicted molar refractivity (Wildman–Crippen MR) is 89.5 cm³/mol. The fourth-order valence-corrected chi connectivity index (χ4v) is 2.27. The van der Waals surface area contributed by atoms with Gasteiger partial charge in [-0.1, -0.05) is 53.6 Å². The van der Waals surface area contributed by atoms with Crippen molar-refractivity contribution in [2.45, 2.75) is 19.9 Å². The van der Waals surface area contributed by atoms with Gasteiger partial charge in [0.2, 0.25) is 0 Å². The molecular formula is C18H18ClNO3. The highest BCUT2D eigenvalue weighted by atomic mass is 35.5. The molecule has 2 aromatic rings. The van der Waals surface area contributed by atoms with Crippen LogP contribution < -0.4 is 5.32 Å². The van der Waals surface area contributed by atoms with E-state index in [-0.39, 0.29) is 24.1 Å². The number of carbonyl (C=O) groups excluding carboxylic acids is 2. The number of hydrogen-bond acceptors (Lipinski definition) is 3. The molecule has 0 aliphatic carbocycles. The van der Waals surface area contributed by atoms with Gasteiger partial charge in [0.1, 0.15) is 0 Å². The number of ether oxygens (including phenoxy) is 1. The molecule has 1 atom stereocenters. The largest absolute Gasteiger partial charge is 0.452 e. The van der Waals surface area contributed by atoms with Crippen LogP contribution in [0.15, 0.2) is 48.5 Å². The normalized spacial score (nSPS) is 11.6. The molecule has 1 N–H and O–H groups in total. The summed E-state index contributed by atoms with van der Waals surface area (Å²) in [6.07, 6.45) is 0. The van der Waals surface area contributed by atoms with Crippen LogP contribution in [0.1, 0.15) is 34.5 Å². The maximum Gasteiger partial charge on any atom is 0.340 e. The average Bonchev–Trinajstić information content (AvgIpc) is 2.53. The Bertz CT molecular complexity index is 698. The Morgan fingerprint density at radius 1 is 1.13 bits per heavy atom. The average molecular weight is 332 g/mol. The third kappa shape index (κ3) is 4.83. The number of rotatable bonds is 5. The molecule has 0 bridgehead atoms. The Hall–Kier alpha value is -2.33. The maximum atomic E-state index is 11.9. The van der Waals surface area contributed by atoms with Crippen molar-refractivity contribution < 1.29 is 14.3 Å². The molecule has 23 heavy (non-hydrogen) atoms. The molecule has 0 saturated carbocycles. The summed E-state index contributed by atoms with van der Waals surface area (Å²) in [6, 6.07) is 14.3. The summed E-state index contributed by atoms with van der Waals surface area (Å²) in [5.41, 5.74) is 2.39. The lowest BCUT2D eigenvalue weighted by molar-refractivity contribution is -0.124. The van der Waals surface area contributed by atoms with Crippen LogP contribution in [0.2, 0.25) is 5.02 Å². The van der Waals surface area contributed by atoms with Crippen LogP contribution >= 0.6 is 11.6 Å². The molecule has 5 heteroatoms. The molecule has 0 aliphatic rings. The van der Waals surface area contributed by atoms with E-state index in [4.69, 9.17) is 16.3 Å². The molecule has 0 fully saturated rings. The molecule has 1 amide bonds. The third-order valence-electron chi connectivity index (χ3n) is 3.38. The topological polar surface area (TPSA) is 55.4 Å². The molecule has 2 aromatic carbocycles. The molecular weight excluding hydrogens is 314 g/mol. The van der Waals surface area contributed by atoms with Crippen molar-refractivity contribution in [3.63, 3.8) is 0 Å². The summed E-state index contributed by atoms with van der Waals surface area (Å²) in [7, 11) is 0. The number of hydrogen-bond donors (Lipinski definition) is 1. The fraction of sp³-hybridized carbons (Fsp3) is 0.222. The van der Waals surface area contributed by atoms with Gasteiger partial charge >= 0.3 is 5.97 Å².